The summed E-state index contributed by atoms with van der Waals surface area (Å²) in [6.45, 7) is 0. The SMILES string of the molecule is COc1ccc(N=C2S[C@@H](CC(=O)Nc3ccccc3Cl)C(=O)N2C)cc1. The highest BCUT2D eigenvalue weighted by molar-refractivity contribution is 8.15. The zero-order valence-corrected chi connectivity index (χ0v) is 16.4. The van der Waals surface area contributed by atoms with E-state index in [0.29, 0.717) is 21.6 Å². The van der Waals surface area contributed by atoms with Crippen molar-refractivity contribution in [3.63, 3.8) is 0 Å². The van der Waals surface area contributed by atoms with Crippen LogP contribution in [0.4, 0.5) is 11.4 Å². The molecular formula is C19H18ClN3O3S. The molecule has 2 aromatic rings. The van der Waals surface area contributed by atoms with Crippen LogP contribution in [0.5, 0.6) is 5.75 Å². The van der Waals surface area contributed by atoms with Gasteiger partial charge in [-0.1, -0.05) is 35.5 Å². The van der Waals surface area contributed by atoms with Crippen LogP contribution in [-0.2, 0) is 9.59 Å². The minimum atomic E-state index is -0.519. The molecule has 1 heterocycles. The van der Waals surface area contributed by atoms with Gasteiger partial charge in [-0.25, -0.2) is 4.99 Å². The molecule has 0 spiro atoms. The Balaban J connectivity index is 1.67. The van der Waals surface area contributed by atoms with E-state index in [9.17, 15) is 9.59 Å². The molecule has 6 nitrogen and oxygen atoms in total. The number of benzene rings is 2. The molecule has 0 bridgehead atoms. The van der Waals surface area contributed by atoms with Gasteiger partial charge in [0.1, 0.15) is 11.0 Å². The Bertz CT molecular complexity index is 886. The number of amidine groups is 1. The molecule has 0 aliphatic carbocycles. The predicted octanol–water partition coefficient (Wildman–Crippen LogP) is 3.94. The maximum atomic E-state index is 12.5. The van der Waals surface area contributed by atoms with Crippen molar-refractivity contribution in [3.8, 4) is 5.75 Å². The van der Waals surface area contributed by atoms with Crippen LogP contribution in [0.3, 0.4) is 0 Å². The van der Waals surface area contributed by atoms with Crippen LogP contribution in [0.15, 0.2) is 53.5 Å². The van der Waals surface area contributed by atoms with E-state index < -0.39 is 5.25 Å². The molecule has 27 heavy (non-hydrogen) atoms. The number of nitrogens with one attached hydrogen (secondary N) is 1. The van der Waals surface area contributed by atoms with Crippen molar-refractivity contribution in [2.45, 2.75) is 11.7 Å². The number of halogens is 1. The first-order valence-electron chi connectivity index (χ1n) is 8.19. The summed E-state index contributed by atoms with van der Waals surface area (Å²) in [6.07, 6.45) is 0.0424. The van der Waals surface area contributed by atoms with Crippen molar-refractivity contribution in [2.75, 3.05) is 19.5 Å². The summed E-state index contributed by atoms with van der Waals surface area (Å²) in [4.78, 5) is 30.7. The first-order chi connectivity index (χ1) is 13.0. The zero-order chi connectivity index (χ0) is 19.4. The van der Waals surface area contributed by atoms with Gasteiger partial charge < -0.3 is 10.1 Å². The van der Waals surface area contributed by atoms with Crippen LogP contribution in [0.25, 0.3) is 0 Å². The second-order valence-electron chi connectivity index (χ2n) is 5.83. The van der Waals surface area contributed by atoms with E-state index in [0.717, 1.165) is 5.75 Å². The number of para-hydroxylation sites is 1. The van der Waals surface area contributed by atoms with E-state index in [1.54, 1.807) is 50.6 Å². The summed E-state index contributed by atoms with van der Waals surface area (Å²) in [5.74, 6) is 0.311. The molecular weight excluding hydrogens is 386 g/mol. The first-order valence-corrected chi connectivity index (χ1v) is 9.45. The summed E-state index contributed by atoms with van der Waals surface area (Å²) in [7, 11) is 3.25. The highest BCUT2D eigenvalue weighted by Gasteiger charge is 2.37. The fourth-order valence-electron chi connectivity index (χ4n) is 2.50. The second-order valence-corrected chi connectivity index (χ2v) is 7.41. The van der Waals surface area contributed by atoms with E-state index in [4.69, 9.17) is 16.3 Å². The first kappa shape index (κ1) is 19.3. The average Bonchev–Trinajstić information content (AvgIpc) is 2.92. The molecule has 0 saturated carbocycles. The van der Waals surface area contributed by atoms with Gasteiger partial charge >= 0.3 is 0 Å². The highest BCUT2D eigenvalue weighted by Crippen LogP contribution is 2.31. The average molecular weight is 404 g/mol. The van der Waals surface area contributed by atoms with Gasteiger partial charge in [-0.15, -0.1) is 0 Å². The molecule has 8 heteroatoms. The lowest BCUT2D eigenvalue weighted by Gasteiger charge is -2.10. The number of ether oxygens (including phenoxy) is 1. The maximum Gasteiger partial charge on any atom is 0.242 e. The van der Waals surface area contributed by atoms with Gasteiger partial charge in [-0.3, -0.25) is 14.5 Å². The lowest BCUT2D eigenvalue weighted by atomic mass is 10.2. The fourth-order valence-corrected chi connectivity index (χ4v) is 3.83. The Morgan fingerprint density at radius 2 is 1.96 bits per heavy atom. The molecule has 1 atom stereocenters. The summed E-state index contributed by atoms with van der Waals surface area (Å²) in [5, 5.41) is 3.23. The Morgan fingerprint density at radius 1 is 1.26 bits per heavy atom. The summed E-state index contributed by atoms with van der Waals surface area (Å²) >= 11 is 7.32. The van der Waals surface area contributed by atoms with Gasteiger partial charge in [0.15, 0.2) is 5.17 Å². The summed E-state index contributed by atoms with van der Waals surface area (Å²) in [6, 6.07) is 14.2. The van der Waals surface area contributed by atoms with Crippen molar-refractivity contribution in [3.05, 3.63) is 53.6 Å². The molecule has 2 aromatic carbocycles. The van der Waals surface area contributed by atoms with Crippen molar-refractivity contribution < 1.29 is 14.3 Å². The van der Waals surface area contributed by atoms with E-state index in [1.807, 2.05) is 12.1 Å². The van der Waals surface area contributed by atoms with Crippen LogP contribution in [0.2, 0.25) is 5.02 Å². The van der Waals surface area contributed by atoms with Crippen LogP contribution < -0.4 is 10.1 Å². The summed E-state index contributed by atoms with van der Waals surface area (Å²) < 4.78 is 5.12. The van der Waals surface area contributed by atoms with Crippen LogP contribution in [0, 0.1) is 0 Å². The number of hydrogen-bond acceptors (Lipinski definition) is 5. The number of hydrogen-bond donors (Lipinski definition) is 1. The monoisotopic (exact) mass is 403 g/mol. The molecule has 0 unspecified atom stereocenters. The van der Waals surface area contributed by atoms with Crippen LogP contribution in [-0.4, -0.2) is 41.3 Å². The number of methoxy groups -OCH3 is 1. The number of rotatable bonds is 5. The number of carbonyl (C=O) groups is 2. The van der Waals surface area contributed by atoms with Gasteiger partial charge in [0, 0.05) is 13.5 Å². The number of carbonyl (C=O) groups excluding carboxylic acids is 2. The smallest absolute Gasteiger partial charge is 0.242 e. The molecule has 3 rings (SSSR count). The Hall–Kier alpha value is -2.51. The number of anilines is 1. The standard InChI is InChI=1S/C19H18ClN3O3S/c1-23-18(25)16(11-17(24)22-15-6-4-3-5-14(15)20)27-19(23)21-12-7-9-13(26-2)10-8-12/h3-10,16H,11H2,1-2H3,(H,22,24)/t16-/m0/s1. The van der Waals surface area contributed by atoms with Gasteiger partial charge in [-0.05, 0) is 36.4 Å². The summed E-state index contributed by atoms with van der Waals surface area (Å²) in [5.41, 5.74) is 1.24. The Labute approximate surface area is 166 Å². The third-order valence-corrected chi connectivity index (χ3v) is 5.51. The van der Waals surface area contributed by atoms with Gasteiger partial charge in [0.05, 0.1) is 23.5 Å². The Morgan fingerprint density at radius 3 is 2.63 bits per heavy atom. The van der Waals surface area contributed by atoms with Gasteiger partial charge in [0.25, 0.3) is 0 Å². The van der Waals surface area contributed by atoms with E-state index >= 15 is 0 Å². The van der Waals surface area contributed by atoms with Crippen molar-refractivity contribution >= 4 is 51.7 Å². The molecule has 1 aliphatic heterocycles. The van der Waals surface area contributed by atoms with E-state index in [2.05, 4.69) is 10.3 Å². The van der Waals surface area contributed by atoms with Gasteiger partial charge in [-0.2, -0.15) is 0 Å². The predicted molar refractivity (Wildman–Crippen MR) is 109 cm³/mol. The molecule has 2 amide bonds. The third kappa shape index (κ3) is 4.61. The fraction of sp³-hybridized carbons (Fsp3) is 0.211. The largest absolute Gasteiger partial charge is 0.497 e. The zero-order valence-electron chi connectivity index (χ0n) is 14.8. The number of amides is 2. The minimum Gasteiger partial charge on any atom is -0.497 e. The van der Waals surface area contributed by atoms with Crippen molar-refractivity contribution in [1.82, 2.24) is 4.90 Å². The molecule has 0 aromatic heterocycles. The van der Waals surface area contributed by atoms with Gasteiger partial charge in [0.2, 0.25) is 11.8 Å². The van der Waals surface area contributed by atoms with Crippen molar-refractivity contribution in [1.29, 1.82) is 0 Å². The van der Waals surface area contributed by atoms with Crippen LogP contribution >= 0.6 is 23.4 Å². The topological polar surface area (TPSA) is 71.0 Å². The minimum absolute atomic E-state index is 0.0424. The van der Waals surface area contributed by atoms with Crippen molar-refractivity contribution in [2.24, 2.45) is 4.99 Å². The second kappa shape index (κ2) is 8.45. The molecule has 1 N–H and O–H groups in total. The van der Waals surface area contributed by atoms with E-state index in [-0.39, 0.29) is 18.2 Å². The number of nitrogens with zero attached hydrogens (tertiary/aromatic N) is 2. The number of thioether (sulfide) groups is 1. The normalized spacial score (nSPS) is 18.0. The lowest BCUT2D eigenvalue weighted by Crippen LogP contribution is -2.30. The third-order valence-electron chi connectivity index (χ3n) is 3.96. The highest BCUT2D eigenvalue weighted by atomic mass is 35.5. The molecule has 140 valence electrons. The quantitative estimate of drug-likeness (QED) is 0.820. The molecule has 1 saturated heterocycles. The van der Waals surface area contributed by atoms with E-state index in [1.165, 1.54) is 16.7 Å². The number of aliphatic imine (C=N–C) groups is 1. The maximum absolute atomic E-state index is 12.5. The molecule has 1 aliphatic rings. The lowest BCUT2D eigenvalue weighted by molar-refractivity contribution is -0.127. The van der Waals surface area contributed by atoms with Crippen LogP contribution in [0.1, 0.15) is 6.42 Å². The molecule has 0 radical (unpaired) electrons. The molecule has 1 fully saturated rings. The Kier molecular flexibility index (Phi) is 6.03.